The van der Waals surface area contributed by atoms with Crippen molar-refractivity contribution < 1.29 is 9.72 Å². The molecule has 10 heteroatoms. The lowest BCUT2D eigenvalue weighted by atomic mass is 10.2. The van der Waals surface area contributed by atoms with Crippen molar-refractivity contribution >= 4 is 29.0 Å². The second-order valence-corrected chi connectivity index (χ2v) is 7.89. The zero-order valence-electron chi connectivity index (χ0n) is 17.0. The van der Waals surface area contributed by atoms with Gasteiger partial charge in [-0.25, -0.2) is 4.68 Å². The first-order chi connectivity index (χ1) is 15.5. The van der Waals surface area contributed by atoms with E-state index in [2.05, 4.69) is 20.6 Å². The fourth-order valence-electron chi connectivity index (χ4n) is 3.00. The average Bonchev–Trinajstić information content (AvgIpc) is 3.21. The molecule has 4 rings (SSSR count). The number of rotatable bonds is 7. The summed E-state index contributed by atoms with van der Waals surface area (Å²) in [5, 5.41) is 21.8. The maximum atomic E-state index is 12.7. The van der Waals surface area contributed by atoms with Gasteiger partial charge in [0.05, 0.1) is 16.3 Å². The standard InChI is InChI=1S/C22H18N6O3S/c1-15-21(25-26-27(15)18-5-2-6-19(12-18)28(30)31)22(29)24-17-7-9-20(10-8-17)32-14-16-4-3-11-23-13-16/h2-13H,14H2,1H3,(H,24,29). The van der Waals surface area contributed by atoms with Crippen molar-refractivity contribution in [3.8, 4) is 5.69 Å². The van der Waals surface area contributed by atoms with Crippen molar-refractivity contribution in [2.24, 2.45) is 0 Å². The number of nitrogens with one attached hydrogen (secondary N) is 1. The summed E-state index contributed by atoms with van der Waals surface area (Å²) in [6.45, 7) is 1.69. The fraction of sp³-hybridized carbons (Fsp3) is 0.0909. The maximum Gasteiger partial charge on any atom is 0.278 e. The van der Waals surface area contributed by atoms with Crippen LogP contribution < -0.4 is 5.32 Å². The van der Waals surface area contributed by atoms with E-state index in [0.29, 0.717) is 17.1 Å². The molecule has 0 spiro atoms. The van der Waals surface area contributed by atoms with Crippen molar-refractivity contribution in [2.45, 2.75) is 17.6 Å². The summed E-state index contributed by atoms with van der Waals surface area (Å²) in [7, 11) is 0. The molecular weight excluding hydrogens is 428 g/mol. The molecule has 0 saturated carbocycles. The molecule has 0 bridgehead atoms. The number of hydrogen-bond donors (Lipinski definition) is 1. The number of pyridine rings is 1. The molecule has 2 aromatic carbocycles. The molecule has 1 amide bonds. The van der Waals surface area contributed by atoms with Crippen LogP contribution in [0.5, 0.6) is 0 Å². The third-order valence-corrected chi connectivity index (χ3v) is 5.72. The number of nitro groups is 1. The molecule has 0 aliphatic carbocycles. The number of hydrogen-bond acceptors (Lipinski definition) is 7. The number of aromatic nitrogens is 4. The topological polar surface area (TPSA) is 116 Å². The van der Waals surface area contributed by atoms with Crippen LogP contribution >= 0.6 is 11.8 Å². The highest BCUT2D eigenvalue weighted by Crippen LogP contribution is 2.24. The third-order valence-electron chi connectivity index (χ3n) is 4.64. The number of nitro benzene ring substituents is 1. The largest absolute Gasteiger partial charge is 0.321 e. The summed E-state index contributed by atoms with van der Waals surface area (Å²) < 4.78 is 1.40. The monoisotopic (exact) mass is 446 g/mol. The van der Waals surface area contributed by atoms with Gasteiger partial charge in [-0.3, -0.25) is 19.9 Å². The molecule has 2 heterocycles. The van der Waals surface area contributed by atoms with Crippen molar-refractivity contribution in [3.05, 3.63) is 100 Å². The number of carbonyl (C=O) groups is 1. The summed E-state index contributed by atoms with van der Waals surface area (Å²) >= 11 is 1.68. The Labute approximate surface area is 187 Å². The Balaban J connectivity index is 1.43. The highest BCUT2D eigenvalue weighted by Gasteiger charge is 2.18. The van der Waals surface area contributed by atoms with Crippen LogP contribution in [0.2, 0.25) is 0 Å². The van der Waals surface area contributed by atoms with Gasteiger partial charge in [-0.1, -0.05) is 17.3 Å². The number of thioether (sulfide) groups is 1. The zero-order chi connectivity index (χ0) is 22.5. The van der Waals surface area contributed by atoms with Gasteiger partial charge in [-0.05, 0) is 48.9 Å². The van der Waals surface area contributed by atoms with Gasteiger partial charge in [-0.15, -0.1) is 16.9 Å². The van der Waals surface area contributed by atoms with E-state index in [4.69, 9.17) is 0 Å². The van der Waals surface area contributed by atoms with Crippen LogP contribution in [-0.4, -0.2) is 30.8 Å². The van der Waals surface area contributed by atoms with E-state index >= 15 is 0 Å². The van der Waals surface area contributed by atoms with Crippen LogP contribution in [0.4, 0.5) is 11.4 Å². The number of amides is 1. The van der Waals surface area contributed by atoms with E-state index in [1.54, 1.807) is 37.0 Å². The minimum absolute atomic E-state index is 0.0649. The molecule has 1 N–H and O–H groups in total. The number of anilines is 1. The Bertz CT molecular complexity index is 1260. The van der Waals surface area contributed by atoms with Crippen molar-refractivity contribution in [2.75, 3.05) is 5.32 Å². The summed E-state index contributed by atoms with van der Waals surface area (Å²) in [5.41, 5.74) is 2.78. The molecular formula is C22H18N6O3S. The van der Waals surface area contributed by atoms with Crippen LogP contribution in [-0.2, 0) is 5.75 Å². The molecule has 0 aliphatic heterocycles. The number of non-ortho nitro benzene ring substituents is 1. The lowest BCUT2D eigenvalue weighted by molar-refractivity contribution is -0.384. The van der Waals surface area contributed by atoms with Gasteiger partial charge in [0.2, 0.25) is 0 Å². The number of benzene rings is 2. The van der Waals surface area contributed by atoms with Gasteiger partial charge < -0.3 is 5.32 Å². The van der Waals surface area contributed by atoms with Crippen molar-refractivity contribution in [1.82, 2.24) is 20.0 Å². The molecule has 0 atom stereocenters. The molecule has 32 heavy (non-hydrogen) atoms. The van der Waals surface area contributed by atoms with Crippen molar-refractivity contribution in [1.29, 1.82) is 0 Å². The first kappa shape index (κ1) is 21.2. The van der Waals surface area contributed by atoms with Gasteiger partial charge in [0.25, 0.3) is 11.6 Å². The SMILES string of the molecule is Cc1c(C(=O)Nc2ccc(SCc3cccnc3)cc2)nnn1-c1cccc([N+](=O)[O-])c1. The van der Waals surface area contributed by atoms with Crippen LogP contribution in [0.15, 0.2) is 78.0 Å². The first-order valence-corrected chi connectivity index (χ1v) is 10.6. The second kappa shape index (κ2) is 9.40. The molecule has 0 saturated heterocycles. The summed E-state index contributed by atoms with van der Waals surface area (Å²) in [4.78, 5) is 28.4. The van der Waals surface area contributed by atoms with Crippen molar-refractivity contribution in [3.63, 3.8) is 0 Å². The number of carbonyl (C=O) groups excluding carboxylic acids is 1. The predicted molar refractivity (Wildman–Crippen MR) is 121 cm³/mol. The molecule has 0 aliphatic rings. The second-order valence-electron chi connectivity index (χ2n) is 6.84. The highest BCUT2D eigenvalue weighted by atomic mass is 32.2. The van der Waals surface area contributed by atoms with Crippen LogP contribution in [0, 0.1) is 17.0 Å². The summed E-state index contributed by atoms with van der Waals surface area (Å²) in [6.07, 6.45) is 3.58. The van der Waals surface area contributed by atoms with E-state index in [-0.39, 0.29) is 11.4 Å². The average molecular weight is 446 g/mol. The quantitative estimate of drug-likeness (QED) is 0.254. The smallest absolute Gasteiger partial charge is 0.278 e. The van der Waals surface area contributed by atoms with Crippen LogP contribution in [0.3, 0.4) is 0 Å². The molecule has 2 aromatic heterocycles. The van der Waals surface area contributed by atoms with E-state index in [1.165, 1.54) is 16.8 Å². The van der Waals surface area contributed by atoms with Gasteiger partial charge in [0.1, 0.15) is 0 Å². The lowest BCUT2D eigenvalue weighted by Crippen LogP contribution is -2.14. The Morgan fingerprint density at radius 2 is 1.97 bits per heavy atom. The third kappa shape index (κ3) is 4.81. The van der Waals surface area contributed by atoms with E-state index in [1.807, 2.05) is 42.6 Å². The lowest BCUT2D eigenvalue weighted by Gasteiger charge is -2.07. The summed E-state index contributed by atoms with van der Waals surface area (Å²) in [5.74, 6) is 0.398. The molecule has 0 fully saturated rings. The first-order valence-electron chi connectivity index (χ1n) is 9.61. The Morgan fingerprint density at radius 3 is 2.69 bits per heavy atom. The molecule has 9 nitrogen and oxygen atoms in total. The van der Waals surface area contributed by atoms with Gasteiger partial charge in [0.15, 0.2) is 5.69 Å². The Morgan fingerprint density at radius 1 is 1.16 bits per heavy atom. The van der Waals surface area contributed by atoms with E-state index in [0.717, 1.165) is 16.2 Å². The molecule has 4 aromatic rings. The van der Waals surface area contributed by atoms with Gasteiger partial charge in [0, 0.05) is 40.9 Å². The summed E-state index contributed by atoms with van der Waals surface area (Å²) in [6, 6.07) is 17.4. The Hall–Kier alpha value is -4.05. The zero-order valence-corrected chi connectivity index (χ0v) is 17.8. The van der Waals surface area contributed by atoms with E-state index in [9.17, 15) is 14.9 Å². The van der Waals surface area contributed by atoms with Crippen LogP contribution in [0.25, 0.3) is 5.69 Å². The fourth-order valence-corrected chi connectivity index (χ4v) is 3.83. The molecule has 0 radical (unpaired) electrons. The Kier molecular flexibility index (Phi) is 6.22. The van der Waals surface area contributed by atoms with E-state index < -0.39 is 10.8 Å². The van der Waals surface area contributed by atoms with Gasteiger partial charge in [-0.2, -0.15) is 0 Å². The number of nitrogens with zero attached hydrogens (tertiary/aromatic N) is 5. The normalized spacial score (nSPS) is 10.7. The van der Waals surface area contributed by atoms with Crippen LogP contribution in [0.1, 0.15) is 21.7 Å². The minimum Gasteiger partial charge on any atom is -0.321 e. The highest BCUT2D eigenvalue weighted by molar-refractivity contribution is 7.98. The molecule has 160 valence electrons. The minimum atomic E-state index is -0.484. The van der Waals surface area contributed by atoms with Gasteiger partial charge >= 0.3 is 0 Å². The predicted octanol–water partition coefficient (Wildman–Crippen LogP) is 4.42. The maximum absolute atomic E-state index is 12.7. The molecule has 0 unspecified atom stereocenters.